The van der Waals surface area contributed by atoms with E-state index in [9.17, 15) is 0 Å². The minimum absolute atomic E-state index is 0.691. The third-order valence-corrected chi connectivity index (χ3v) is 3.11. The lowest BCUT2D eigenvalue weighted by atomic mass is 10.1. The zero-order chi connectivity index (χ0) is 9.14. The third-order valence-electron chi connectivity index (χ3n) is 1.73. The Morgan fingerprint density at radius 1 is 1.58 bits per heavy atom. The fraction of sp³-hybridized carbons (Fsp3) is 0.200. The molecule has 0 N–H and O–H groups in total. The van der Waals surface area contributed by atoms with Crippen molar-refractivity contribution in [3.05, 3.63) is 26.8 Å². The lowest BCUT2D eigenvalue weighted by Crippen LogP contribution is -1.91. The quantitative estimate of drug-likeness (QED) is 0.458. The number of halogens is 1. The zero-order valence-corrected chi connectivity index (χ0v) is 9.82. The third kappa shape index (κ3) is 2.18. The number of rotatable bonds is 1. The second-order valence-electron chi connectivity index (χ2n) is 2.59. The maximum Gasteiger partial charge on any atom is 0.0341 e. The largest absolute Gasteiger partial charge is 0.143 e. The second-order valence-corrected chi connectivity index (χ2v) is 4.27. The van der Waals surface area contributed by atoms with Gasteiger partial charge >= 0.3 is 0 Å². The standard InChI is InChI=1S/C10H9IS/c1-3-4-8-5-9(12)6-10(11)7(8)2/h1,5-6,12H,4H2,2H3. The van der Waals surface area contributed by atoms with Gasteiger partial charge < -0.3 is 0 Å². The van der Waals surface area contributed by atoms with E-state index in [-0.39, 0.29) is 0 Å². The van der Waals surface area contributed by atoms with Gasteiger partial charge in [0.05, 0.1) is 0 Å². The molecule has 0 aromatic heterocycles. The first kappa shape index (κ1) is 9.94. The van der Waals surface area contributed by atoms with Gasteiger partial charge in [-0.2, -0.15) is 0 Å². The van der Waals surface area contributed by atoms with Crippen molar-refractivity contribution in [1.82, 2.24) is 0 Å². The van der Waals surface area contributed by atoms with Crippen LogP contribution in [0.5, 0.6) is 0 Å². The molecule has 0 radical (unpaired) electrons. The number of terminal acetylenes is 1. The average molecular weight is 288 g/mol. The Balaban J connectivity index is 3.20. The molecular formula is C10H9IS. The lowest BCUT2D eigenvalue weighted by molar-refractivity contribution is 1.19. The van der Waals surface area contributed by atoms with E-state index in [0.29, 0.717) is 6.42 Å². The highest BCUT2D eigenvalue weighted by Crippen LogP contribution is 2.21. The van der Waals surface area contributed by atoms with Crippen LogP contribution in [0.3, 0.4) is 0 Å². The molecule has 62 valence electrons. The Hall–Kier alpha value is -0.140. The van der Waals surface area contributed by atoms with Crippen LogP contribution in [0, 0.1) is 22.8 Å². The van der Waals surface area contributed by atoms with Gasteiger partial charge in [0.15, 0.2) is 0 Å². The molecule has 1 rings (SSSR count). The van der Waals surface area contributed by atoms with Gasteiger partial charge in [-0.25, -0.2) is 0 Å². The number of benzene rings is 1. The Labute approximate surface area is 92.3 Å². The van der Waals surface area contributed by atoms with E-state index < -0.39 is 0 Å². The van der Waals surface area contributed by atoms with Crippen molar-refractivity contribution in [3.8, 4) is 12.3 Å². The maximum absolute atomic E-state index is 5.25. The molecule has 1 aromatic carbocycles. The smallest absolute Gasteiger partial charge is 0.0341 e. The van der Waals surface area contributed by atoms with Crippen LogP contribution in [-0.2, 0) is 6.42 Å². The van der Waals surface area contributed by atoms with Gasteiger partial charge in [-0.3, -0.25) is 0 Å². The SMILES string of the molecule is C#CCc1cc(S)cc(I)c1C. The van der Waals surface area contributed by atoms with Gasteiger partial charge in [0.2, 0.25) is 0 Å². The summed E-state index contributed by atoms with van der Waals surface area (Å²) in [7, 11) is 0. The first-order valence-corrected chi connectivity index (χ1v) is 5.09. The van der Waals surface area contributed by atoms with Crippen LogP contribution in [0.1, 0.15) is 11.1 Å². The predicted molar refractivity (Wildman–Crippen MR) is 63.7 cm³/mol. The molecule has 0 fully saturated rings. The van der Waals surface area contributed by atoms with Crippen LogP contribution in [-0.4, -0.2) is 0 Å². The van der Waals surface area contributed by atoms with E-state index in [1.165, 1.54) is 14.7 Å². The summed E-state index contributed by atoms with van der Waals surface area (Å²) in [4.78, 5) is 0.982. The van der Waals surface area contributed by atoms with Gasteiger partial charge in [-0.15, -0.1) is 25.0 Å². The van der Waals surface area contributed by atoms with E-state index in [4.69, 9.17) is 6.42 Å². The van der Waals surface area contributed by atoms with Crippen LogP contribution in [0.15, 0.2) is 17.0 Å². The Bertz CT molecular complexity index is 336. The van der Waals surface area contributed by atoms with E-state index in [1.807, 2.05) is 12.1 Å². The van der Waals surface area contributed by atoms with Gasteiger partial charge in [0, 0.05) is 14.9 Å². The molecule has 0 heterocycles. The number of hydrogen-bond acceptors (Lipinski definition) is 1. The van der Waals surface area contributed by atoms with Crippen molar-refractivity contribution >= 4 is 35.2 Å². The molecule has 0 atom stereocenters. The lowest BCUT2D eigenvalue weighted by Gasteiger charge is -2.05. The summed E-state index contributed by atoms with van der Waals surface area (Å²) in [5.41, 5.74) is 2.47. The maximum atomic E-state index is 5.25. The van der Waals surface area contributed by atoms with Crippen molar-refractivity contribution in [2.45, 2.75) is 18.2 Å². The molecule has 12 heavy (non-hydrogen) atoms. The summed E-state index contributed by atoms with van der Waals surface area (Å²) < 4.78 is 1.23. The molecule has 0 bridgehead atoms. The molecule has 0 unspecified atom stereocenters. The molecule has 0 aliphatic carbocycles. The molecule has 0 amide bonds. The molecule has 0 spiro atoms. The highest BCUT2D eigenvalue weighted by Gasteiger charge is 2.01. The highest BCUT2D eigenvalue weighted by atomic mass is 127. The minimum atomic E-state index is 0.691. The Kier molecular flexibility index (Phi) is 3.48. The van der Waals surface area contributed by atoms with Crippen molar-refractivity contribution in [3.63, 3.8) is 0 Å². The van der Waals surface area contributed by atoms with Gasteiger partial charge in [-0.05, 0) is 52.8 Å². The second kappa shape index (κ2) is 4.20. The van der Waals surface area contributed by atoms with Crippen LogP contribution >= 0.6 is 35.2 Å². The topological polar surface area (TPSA) is 0 Å². The molecule has 0 nitrogen and oxygen atoms in total. The van der Waals surface area contributed by atoms with Gasteiger partial charge in [-0.1, -0.05) is 0 Å². The molecule has 2 heteroatoms. The Morgan fingerprint density at radius 2 is 2.25 bits per heavy atom. The van der Waals surface area contributed by atoms with E-state index in [2.05, 4.69) is 48.1 Å². The highest BCUT2D eigenvalue weighted by molar-refractivity contribution is 14.1. The number of thiol groups is 1. The molecule has 1 aromatic rings. The van der Waals surface area contributed by atoms with Crippen molar-refractivity contribution in [2.75, 3.05) is 0 Å². The van der Waals surface area contributed by atoms with E-state index in [0.717, 1.165) is 4.90 Å². The summed E-state index contributed by atoms with van der Waals surface area (Å²) in [5.74, 6) is 2.64. The van der Waals surface area contributed by atoms with Gasteiger partial charge in [0.1, 0.15) is 0 Å². The molecule has 0 aliphatic heterocycles. The fourth-order valence-corrected chi connectivity index (χ4v) is 2.23. The zero-order valence-electron chi connectivity index (χ0n) is 6.76. The van der Waals surface area contributed by atoms with Crippen LogP contribution < -0.4 is 0 Å². The summed E-state index contributed by atoms with van der Waals surface area (Å²) in [6.45, 7) is 2.08. The van der Waals surface area contributed by atoms with Crippen LogP contribution in [0.25, 0.3) is 0 Å². The normalized spacial score (nSPS) is 9.50. The van der Waals surface area contributed by atoms with Gasteiger partial charge in [0.25, 0.3) is 0 Å². The predicted octanol–water partition coefficient (Wildman–Crippen LogP) is 3.06. The minimum Gasteiger partial charge on any atom is -0.143 e. The number of hydrogen-bond donors (Lipinski definition) is 1. The summed E-state index contributed by atoms with van der Waals surface area (Å²) in [6.07, 6.45) is 5.94. The van der Waals surface area contributed by atoms with E-state index >= 15 is 0 Å². The monoisotopic (exact) mass is 288 g/mol. The van der Waals surface area contributed by atoms with Crippen molar-refractivity contribution < 1.29 is 0 Å². The molecular weight excluding hydrogens is 279 g/mol. The first-order valence-electron chi connectivity index (χ1n) is 3.56. The molecule has 0 aliphatic rings. The van der Waals surface area contributed by atoms with Crippen LogP contribution in [0.4, 0.5) is 0 Å². The summed E-state index contributed by atoms with van der Waals surface area (Å²) >= 11 is 6.59. The van der Waals surface area contributed by atoms with Crippen LogP contribution in [0.2, 0.25) is 0 Å². The fourth-order valence-electron chi connectivity index (χ4n) is 1.01. The summed E-state index contributed by atoms with van der Waals surface area (Å²) in [5, 5.41) is 0. The Morgan fingerprint density at radius 3 is 2.83 bits per heavy atom. The van der Waals surface area contributed by atoms with E-state index in [1.54, 1.807) is 0 Å². The molecule has 0 saturated carbocycles. The van der Waals surface area contributed by atoms with Crippen molar-refractivity contribution in [2.24, 2.45) is 0 Å². The average Bonchev–Trinajstić information content (AvgIpc) is 2.00. The van der Waals surface area contributed by atoms with Crippen molar-refractivity contribution in [1.29, 1.82) is 0 Å². The first-order chi connectivity index (χ1) is 5.65. The molecule has 0 saturated heterocycles. The summed E-state index contributed by atoms with van der Waals surface area (Å²) in [6, 6.07) is 4.07.